The molecule has 0 unspecified atom stereocenters. The van der Waals surface area contributed by atoms with Crippen molar-refractivity contribution >= 4 is 29.5 Å². The van der Waals surface area contributed by atoms with E-state index < -0.39 is 0 Å². The average molecular weight is 400 g/mol. The molecule has 4 rings (SSSR count). The van der Waals surface area contributed by atoms with Gasteiger partial charge in [0.1, 0.15) is 0 Å². The summed E-state index contributed by atoms with van der Waals surface area (Å²) in [5.41, 5.74) is 2.19. The Hall–Kier alpha value is -2.15. The molecule has 1 fully saturated rings. The summed E-state index contributed by atoms with van der Waals surface area (Å²) in [6.45, 7) is 4.66. The van der Waals surface area contributed by atoms with Gasteiger partial charge in [-0.05, 0) is 36.5 Å². The molecule has 0 aliphatic carbocycles. The van der Waals surface area contributed by atoms with E-state index in [0.29, 0.717) is 16.5 Å². The molecule has 1 aromatic heterocycles. The molecule has 2 aromatic carbocycles. The number of para-hydroxylation sites is 1. The Bertz CT molecular complexity index is 974. The normalized spacial score (nSPS) is 15.3. The summed E-state index contributed by atoms with van der Waals surface area (Å²) in [4.78, 5) is 4.81. The summed E-state index contributed by atoms with van der Waals surface area (Å²) in [5, 5.41) is 5.43. The predicted molar refractivity (Wildman–Crippen MR) is 113 cm³/mol. The SMILES string of the molecule is Cn1c(-c2ccccc2Cl)nn(CN2CCN(c3ccccc3)CC2)c1=S. The van der Waals surface area contributed by atoms with E-state index in [-0.39, 0.29) is 0 Å². The number of hydrogen-bond donors (Lipinski definition) is 0. The van der Waals surface area contributed by atoms with Crippen molar-refractivity contribution in [3.05, 3.63) is 64.4 Å². The van der Waals surface area contributed by atoms with Gasteiger partial charge in [-0.15, -0.1) is 0 Å². The van der Waals surface area contributed by atoms with Crippen molar-refractivity contribution in [1.29, 1.82) is 0 Å². The first kappa shape index (κ1) is 18.2. The van der Waals surface area contributed by atoms with Gasteiger partial charge in [0.2, 0.25) is 0 Å². The second kappa shape index (κ2) is 7.84. The standard InChI is InChI=1S/C20H22ClN5S/c1-23-19(17-9-5-6-10-18(17)21)22-26(20(23)27)15-24-11-13-25(14-12-24)16-7-3-2-4-8-16/h2-10H,11-15H2,1H3. The van der Waals surface area contributed by atoms with E-state index in [4.69, 9.17) is 28.9 Å². The van der Waals surface area contributed by atoms with E-state index >= 15 is 0 Å². The highest BCUT2D eigenvalue weighted by Crippen LogP contribution is 2.26. The molecule has 140 valence electrons. The quantitative estimate of drug-likeness (QED) is 0.619. The van der Waals surface area contributed by atoms with Crippen molar-refractivity contribution in [3.8, 4) is 11.4 Å². The van der Waals surface area contributed by atoms with Gasteiger partial charge in [0, 0.05) is 44.5 Å². The third-order valence-electron chi connectivity index (χ3n) is 4.98. The minimum atomic E-state index is 0.684. The summed E-state index contributed by atoms with van der Waals surface area (Å²) < 4.78 is 4.53. The lowest BCUT2D eigenvalue weighted by molar-refractivity contribution is 0.194. The fourth-order valence-corrected chi connectivity index (χ4v) is 3.84. The first-order chi connectivity index (χ1) is 13.1. The van der Waals surface area contributed by atoms with Crippen molar-refractivity contribution in [2.75, 3.05) is 31.1 Å². The van der Waals surface area contributed by atoms with Crippen LogP contribution in [0.2, 0.25) is 5.02 Å². The molecule has 0 atom stereocenters. The van der Waals surface area contributed by atoms with E-state index in [1.807, 2.05) is 40.6 Å². The van der Waals surface area contributed by atoms with Gasteiger partial charge in [-0.1, -0.05) is 41.9 Å². The van der Waals surface area contributed by atoms with Crippen LogP contribution in [-0.4, -0.2) is 45.4 Å². The molecular formula is C20H22ClN5S. The second-order valence-corrected chi connectivity index (χ2v) is 7.50. The molecule has 2 heterocycles. The van der Waals surface area contributed by atoms with Gasteiger partial charge in [0.05, 0.1) is 11.7 Å². The maximum Gasteiger partial charge on any atom is 0.199 e. The van der Waals surface area contributed by atoms with Crippen LogP contribution >= 0.6 is 23.8 Å². The molecule has 0 N–H and O–H groups in total. The molecule has 0 saturated carbocycles. The number of aromatic nitrogens is 3. The zero-order valence-corrected chi connectivity index (χ0v) is 16.8. The van der Waals surface area contributed by atoms with Crippen LogP contribution in [-0.2, 0) is 13.7 Å². The lowest BCUT2D eigenvalue weighted by atomic mass is 10.2. The first-order valence-corrected chi connectivity index (χ1v) is 9.83. The Kier molecular flexibility index (Phi) is 5.29. The van der Waals surface area contributed by atoms with E-state index in [9.17, 15) is 0 Å². The molecule has 1 aliphatic rings. The number of rotatable bonds is 4. The lowest BCUT2D eigenvalue weighted by Crippen LogP contribution is -2.47. The Morgan fingerprint density at radius 3 is 2.33 bits per heavy atom. The van der Waals surface area contributed by atoms with Crippen molar-refractivity contribution < 1.29 is 0 Å². The van der Waals surface area contributed by atoms with Crippen LogP contribution in [0.3, 0.4) is 0 Å². The largest absolute Gasteiger partial charge is 0.369 e. The lowest BCUT2D eigenvalue weighted by Gasteiger charge is -2.35. The van der Waals surface area contributed by atoms with Gasteiger partial charge in [-0.3, -0.25) is 4.90 Å². The summed E-state index contributed by atoms with van der Waals surface area (Å²) in [5.74, 6) is 0.800. The van der Waals surface area contributed by atoms with Crippen LogP contribution in [0.15, 0.2) is 54.6 Å². The molecule has 0 amide bonds. The van der Waals surface area contributed by atoms with Gasteiger partial charge in [-0.2, -0.15) is 5.10 Å². The molecule has 0 spiro atoms. The van der Waals surface area contributed by atoms with Gasteiger partial charge >= 0.3 is 0 Å². The van der Waals surface area contributed by atoms with Gasteiger partial charge in [0.25, 0.3) is 0 Å². The first-order valence-electron chi connectivity index (χ1n) is 9.04. The van der Waals surface area contributed by atoms with Crippen LogP contribution < -0.4 is 4.90 Å². The fourth-order valence-electron chi connectivity index (χ4n) is 3.43. The molecule has 7 heteroatoms. The molecule has 0 bridgehead atoms. The summed E-state index contributed by atoms with van der Waals surface area (Å²) in [6, 6.07) is 18.3. The summed E-state index contributed by atoms with van der Waals surface area (Å²) in [7, 11) is 1.94. The number of piperazine rings is 1. The molecule has 0 radical (unpaired) electrons. The number of benzene rings is 2. The summed E-state index contributed by atoms with van der Waals surface area (Å²) in [6.07, 6.45) is 0. The van der Waals surface area contributed by atoms with Crippen molar-refractivity contribution in [1.82, 2.24) is 19.2 Å². The van der Waals surface area contributed by atoms with Crippen molar-refractivity contribution in [3.63, 3.8) is 0 Å². The fraction of sp³-hybridized carbons (Fsp3) is 0.300. The van der Waals surface area contributed by atoms with Crippen LogP contribution in [0.4, 0.5) is 5.69 Å². The molecule has 5 nitrogen and oxygen atoms in total. The van der Waals surface area contributed by atoms with Gasteiger partial charge in [0.15, 0.2) is 10.6 Å². The van der Waals surface area contributed by atoms with E-state index in [1.165, 1.54) is 5.69 Å². The van der Waals surface area contributed by atoms with E-state index in [0.717, 1.165) is 37.6 Å². The van der Waals surface area contributed by atoms with E-state index in [2.05, 4.69) is 40.1 Å². The molecule has 1 saturated heterocycles. The van der Waals surface area contributed by atoms with E-state index in [1.54, 1.807) is 0 Å². The number of hydrogen-bond acceptors (Lipinski definition) is 4. The summed E-state index contributed by atoms with van der Waals surface area (Å²) >= 11 is 12.0. The minimum Gasteiger partial charge on any atom is -0.369 e. The van der Waals surface area contributed by atoms with Crippen molar-refractivity contribution in [2.24, 2.45) is 7.05 Å². The molecular weight excluding hydrogens is 378 g/mol. The Labute approximate surface area is 169 Å². The number of halogens is 1. The Balaban J connectivity index is 1.47. The van der Waals surface area contributed by atoms with Crippen LogP contribution in [0.25, 0.3) is 11.4 Å². The monoisotopic (exact) mass is 399 g/mol. The van der Waals surface area contributed by atoms with Crippen LogP contribution in [0, 0.1) is 4.77 Å². The zero-order chi connectivity index (χ0) is 18.8. The number of nitrogens with zero attached hydrogens (tertiary/aromatic N) is 5. The van der Waals surface area contributed by atoms with Gasteiger partial charge < -0.3 is 9.47 Å². The highest BCUT2D eigenvalue weighted by atomic mass is 35.5. The second-order valence-electron chi connectivity index (χ2n) is 6.73. The zero-order valence-electron chi connectivity index (χ0n) is 15.3. The smallest absolute Gasteiger partial charge is 0.199 e. The van der Waals surface area contributed by atoms with Crippen molar-refractivity contribution in [2.45, 2.75) is 6.67 Å². The molecule has 3 aromatic rings. The Morgan fingerprint density at radius 2 is 1.63 bits per heavy atom. The highest BCUT2D eigenvalue weighted by Gasteiger charge is 2.19. The average Bonchev–Trinajstić information content (AvgIpc) is 2.98. The molecule has 27 heavy (non-hydrogen) atoms. The van der Waals surface area contributed by atoms with Crippen LogP contribution in [0.1, 0.15) is 0 Å². The number of anilines is 1. The maximum absolute atomic E-state index is 6.35. The van der Waals surface area contributed by atoms with Crippen LogP contribution in [0.5, 0.6) is 0 Å². The third kappa shape index (κ3) is 3.78. The maximum atomic E-state index is 6.35. The third-order valence-corrected chi connectivity index (χ3v) is 5.80. The topological polar surface area (TPSA) is 29.2 Å². The Morgan fingerprint density at radius 1 is 0.963 bits per heavy atom. The highest BCUT2D eigenvalue weighted by molar-refractivity contribution is 7.71. The molecule has 1 aliphatic heterocycles. The predicted octanol–water partition coefficient (Wildman–Crippen LogP) is 4.05. The van der Waals surface area contributed by atoms with Gasteiger partial charge in [-0.25, -0.2) is 4.68 Å². The minimum absolute atomic E-state index is 0.684.